The Labute approximate surface area is 173 Å². The number of benzene rings is 2. The molecule has 1 aliphatic heterocycles. The number of aromatic nitrogens is 1. The van der Waals surface area contributed by atoms with Gasteiger partial charge in [0.2, 0.25) is 0 Å². The zero-order valence-corrected chi connectivity index (χ0v) is 16.5. The molecule has 2 aromatic carbocycles. The third-order valence-electron chi connectivity index (χ3n) is 5.57. The zero-order chi connectivity index (χ0) is 21.1. The van der Waals surface area contributed by atoms with Gasteiger partial charge in [0.05, 0.1) is 6.42 Å². The third-order valence-corrected chi connectivity index (χ3v) is 5.57. The molecular weight excluding hydrogens is 390 g/mol. The average molecular weight is 414 g/mol. The van der Waals surface area contributed by atoms with Crippen molar-refractivity contribution in [1.29, 1.82) is 0 Å². The summed E-state index contributed by atoms with van der Waals surface area (Å²) in [6.45, 7) is 1.12. The third kappa shape index (κ3) is 4.46. The lowest BCUT2D eigenvalue weighted by atomic mass is 9.95. The molecule has 0 amide bonds. The summed E-state index contributed by atoms with van der Waals surface area (Å²) in [5.74, 6) is -1.46. The Hall–Kier alpha value is -2.93. The highest BCUT2D eigenvalue weighted by molar-refractivity contribution is 5.83. The Balaban J connectivity index is 1.29. The number of aromatic amines is 1. The average Bonchev–Trinajstić information content (AvgIpc) is 3.12. The first-order valence-corrected chi connectivity index (χ1v) is 10.1. The van der Waals surface area contributed by atoms with E-state index in [0.29, 0.717) is 24.2 Å². The van der Waals surface area contributed by atoms with Gasteiger partial charge >= 0.3 is 5.97 Å². The van der Waals surface area contributed by atoms with Crippen LogP contribution in [0.5, 0.6) is 5.75 Å². The molecule has 158 valence electrons. The summed E-state index contributed by atoms with van der Waals surface area (Å²) in [6, 6.07) is 7.56. The van der Waals surface area contributed by atoms with Crippen LogP contribution in [0.15, 0.2) is 36.5 Å². The Morgan fingerprint density at radius 1 is 1.20 bits per heavy atom. The van der Waals surface area contributed by atoms with Crippen molar-refractivity contribution in [1.82, 2.24) is 10.3 Å². The number of fused-ring (bicyclic) bond motifs is 2. The van der Waals surface area contributed by atoms with Gasteiger partial charge < -0.3 is 20.1 Å². The fraction of sp³-hybridized carbons (Fsp3) is 0.348. The molecule has 0 spiro atoms. The zero-order valence-electron chi connectivity index (χ0n) is 16.5. The summed E-state index contributed by atoms with van der Waals surface area (Å²) in [5.41, 5.74) is 3.28. The van der Waals surface area contributed by atoms with Crippen molar-refractivity contribution in [3.05, 3.63) is 64.9 Å². The van der Waals surface area contributed by atoms with Crippen molar-refractivity contribution >= 4 is 16.9 Å². The van der Waals surface area contributed by atoms with Gasteiger partial charge in [-0.2, -0.15) is 0 Å². The number of carbonyl (C=O) groups is 1. The topological polar surface area (TPSA) is 74.4 Å². The highest BCUT2D eigenvalue weighted by Gasteiger charge is 2.25. The molecule has 2 heterocycles. The van der Waals surface area contributed by atoms with Gasteiger partial charge in [0.1, 0.15) is 12.4 Å². The van der Waals surface area contributed by atoms with E-state index in [-0.39, 0.29) is 24.0 Å². The van der Waals surface area contributed by atoms with Crippen molar-refractivity contribution in [2.75, 3.05) is 13.2 Å². The highest BCUT2D eigenvalue weighted by atomic mass is 19.1. The summed E-state index contributed by atoms with van der Waals surface area (Å²) in [5, 5.41) is 13.4. The number of hydrogen-bond acceptors (Lipinski definition) is 3. The Morgan fingerprint density at radius 3 is 2.90 bits per heavy atom. The SMILES string of the molecule is O=C(O)Cc1ccc(F)c2c1C[C@@H](NCCCCc1c[nH]c3ccc(F)cc13)CO2. The van der Waals surface area contributed by atoms with Crippen molar-refractivity contribution in [2.24, 2.45) is 0 Å². The maximum atomic E-state index is 14.0. The molecule has 30 heavy (non-hydrogen) atoms. The van der Waals surface area contributed by atoms with Crippen molar-refractivity contribution in [2.45, 2.75) is 38.1 Å². The Morgan fingerprint density at radius 2 is 2.07 bits per heavy atom. The molecular formula is C23H24F2N2O3. The van der Waals surface area contributed by atoms with Crippen LogP contribution in [0.1, 0.15) is 29.5 Å². The fourth-order valence-corrected chi connectivity index (χ4v) is 4.07. The van der Waals surface area contributed by atoms with Crippen LogP contribution in [0.2, 0.25) is 0 Å². The minimum atomic E-state index is -0.948. The molecule has 0 radical (unpaired) electrons. The molecule has 0 bridgehead atoms. The predicted molar refractivity (Wildman–Crippen MR) is 110 cm³/mol. The monoisotopic (exact) mass is 414 g/mol. The number of H-pyrrole nitrogens is 1. The molecule has 0 saturated heterocycles. The number of carboxylic acids is 1. The lowest BCUT2D eigenvalue weighted by Crippen LogP contribution is -2.40. The van der Waals surface area contributed by atoms with E-state index in [9.17, 15) is 13.6 Å². The van der Waals surface area contributed by atoms with Gasteiger partial charge in [-0.3, -0.25) is 4.79 Å². The summed E-state index contributed by atoms with van der Waals surface area (Å²) in [7, 11) is 0. The molecule has 1 aliphatic rings. The molecule has 0 aliphatic carbocycles. The quantitative estimate of drug-likeness (QED) is 0.488. The number of nitrogens with one attached hydrogen (secondary N) is 2. The number of rotatable bonds is 8. The van der Waals surface area contributed by atoms with Gasteiger partial charge in [0, 0.05) is 28.7 Å². The number of unbranched alkanes of at least 4 members (excludes halogenated alkanes) is 1. The van der Waals surface area contributed by atoms with Gasteiger partial charge in [-0.1, -0.05) is 6.07 Å². The standard InChI is InChI=1S/C23H24F2N2O3/c24-16-5-7-21-18(10-16)15(12-27-21)3-1-2-8-26-17-11-19-14(9-22(28)29)4-6-20(25)23(19)30-13-17/h4-7,10,12,17,26-27H,1-3,8-9,11,13H2,(H,28,29)/t17-/m1/s1. The first-order valence-electron chi connectivity index (χ1n) is 10.1. The Kier molecular flexibility index (Phi) is 5.99. The van der Waals surface area contributed by atoms with Crippen molar-refractivity contribution in [3.8, 4) is 5.75 Å². The normalized spacial score (nSPS) is 15.7. The first-order chi connectivity index (χ1) is 14.5. The summed E-state index contributed by atoms with van der Waals surface area (Å²) in [4.78, 5) is 14.3. The molecule has 4 rings (SSSR count). The molecule has 5 nitrogen and oxygen atoms in total. The van der Waals surface area contributed by atoms with Gasteiger partial charge in [-0.15, -0.1) is 0 Å². The first kappa shape index (κ1) is 20.3. The smallest absolute Gasteiger partial charge is 0.307 e. The molecule has 0 saturated carbocycles. The van der Waals surface area contributed by atoms with E-state index in [4.69, 9.17) is 9.84 Å². The molecule has 1 atom stereocenters. The molecule has 3 N–H and O–H groups in total. The van der Waals surface area contributed by atoms with Crippen LogP contribution >= 0.6 is 0 Å². The van der Waals surface area contributed by atoms with Crippen LogP contribution in [0, 0.1) is 11.6 Å². The minimum Gasteiger partial charge on any atom is -0.489 e. The van der Waals surface area contributed by atoms with Crippen molar-refractivity contribution < 1.29 is 23.4 Å². The molecule has 7 heteroatoms. The number of ether oxygens (including phenoxy) is 1. The summed E-state index contributed by atoms with van der Waals surface area (Å²) >= 11 is 0. The number of aliphatic carboxylic acids is 1. The van der Waals surface area contributed by atoms with Crippen LogP contribution in [-0.4, -0.2) is 35.3 Å². The summed E-state index contributed by atoms with van der Waals surface area (Å²) < 4.78 is 33.1. The van der Waals surface area contributed by atoms with Gasteiger partial charge in [0.15, 0.2) is 11.6 Å². The second-order valence-electron chi connectivity index (χ2n) is 7.71. The second kappa shape index (κ2) is 8.83. The Bertz CT molecular complexity index is 1060. The van der Waals surface area contributed by atoms with Crippen LogP contribution < -0.4 is 10.1 Å². The van der Waals surface area contributed by atoms with E-state index < -0.39 is 11.8 Å². The van der Waals surface area contributed by atoms with E-state index in [1.807, 2.05) is 6.20 Å². The van der Waals surface area contributed by atoms with Gasteiger partial charge in [-0.05, 0) is 67.6 Å². The molecule has 0 fully saturated rings. The van der Waals surface area contributed by atoms with E-state index in [1.54, 1.807) is 12.1 Å². The fourth-order valence-electron chi connectivity index (χ4n) is 4.07. The summed E-state index contributed by atoms with van der Waals surface area (Å²) in [6.07, 6.45) is 5.04. The number of aryl methyl sites for hydroxylation is 1. The van der Waals surface area contributed by atoms with Crippen LogP contribution in [0.3, 0.4) is 0 Å². The lowest BCUT2D eigenvalue weighted by Gasteiger charge is -2.28. The largest absolute Gasteiger partial charge is 0.489 e. The van der Waals surface area contributed by atoms with Gasteiger partial charge in [0.25, 0.3) is 0 Å². The van der Waals surface area contributed by atoms with Gasteiger partial charge in [-0.25, -0.2) is 8.78 Å². The number of hydrogen-bond donors (Lipinski definition) is 3. The maximum Gasteiger partial charge on any atom is 0.307 e. The van der Waals surface area contributed by atoms with Crippen LogP contribution in [0.4, 0.5) is 8.78 Å². The van der Waals surface area contributed by atoms with E-state index in [1.165, 1.54) is 18.2 Å². The van der Waals surface area contributed by atoms with E-state index in [0.717, 1.165) is 42.3 Å². The predicted octanol–water partition coefficient (Wildman–Crippen LogP) is 3.99. The minimum absolute atomic E-state index is 0.00836. The van der Waals surface area contributed by atoms with Crippen molar-refractivity contribution in [3.63, 3.8) is 0 Å². The molecule has 1 aromatic heterocycles. The van der Waals surface area contributed by atoms with E-state index >= 15 is 0 Å². The maximum absolute atomic E-state index is 14.0. The molecule has 0 unspecified atom stereocenters. The lowest BCUT2D eigenvalue weighted by molar-refractivity contribution is -0.136. The number of halogens is 2. The number of carboxylic acid groups (broad SMARTS) is 1. The van der Waals surface area contributed by atoms with Crippen LogP contribution in [0.25, 0.3) is 10.9 Å². The molecule has 3 aromatic rings. The van der Waals surface area contributed by atoms with E-state index in [2.05, 4.69) is 10.3 Å². The highest BCUT2D eigenvalue weighted by Crippen LogP contribution is 2.31. The second-order valence-corrected chi connectivity index (χ2v) is 7.71. The van der Waals surface area contributed by atoms with Crippen LogP contribution in [-0.2, 0) is 24.1 Å².